The molecule has 0 N–H and O–H groups in total. The Labute approximate surface area is 390 Å². The SMILES string of the molecule is N#Cc1cc(-n2c3cc(-c4ccccc4)ccc3c3ccc(-c4ccccc4)cc32)c(-c2ccccc2C(F)(F)F)cc1-n1c2cc(-c3ccccc3)ccc2c2ccc(-c3ccccc3)cc21. The molecular weight excluding hydrogens is 844 g/mol. The van der Waals surface area contributed by atoms with Crippen LogP contribution in [0, 0.1) is 11.3 Å². The maximum Gasteiger partial charge on any atom is 0.417 e. The summed E-state index contributed by atoms with van der Waals surface area (Å²) in [5, 5.41) is 15.2. The maximum absolute atomic E-state index is 15.5. The van der Waals surface area contributed by atoms with Gasteiger partial charge in [0.25, 0.3) is 0 Å². The van der Waals surface area contributed by atoms with E-state index in [9.17, 15) is 5.26 Å². The molecule has 6 heteroatoms. The Hall–Kier alpha value is -8.92. The van der Waals surface area contributed by atoms with Crippen molar-refractivity contribution in [1.29, 1.82) is 5.26 Å². The van der Waals surface area contributed by atoms with Gasteiger partial charge >= 0.3 is 6.18 Å². The summed E-state index contributed by atoms with van der Waals surface area (Å²) in [5.74, 6) is 0. The van der Waals surface area contributed by atoms with Gasteiger partial charge in [-0.2, -0.15) is 18.4 Å². The minimum atomic E-state index is -4.69. The zero-order chi connectivity index (χ0) is 45.9. The monoisotopic (exact) mass is 881 g/mol. The minimum Gasteiger partial charge on any atom is -0.309 e. The summed E-state index contributed by atoms with van der Waals surface area (Å²) in [6.07, 6.45) is -4.69. The van der Waals surface area contributed by atoms with Gasteiger partial charge in [0.1, 0.15) is 6.07 Å². The van der Waals surface area contributed by atoms with Crippen LogP contribution in [0.15, 0.2) is 231 Å². The summed E-state index contributed by atoms with van der Waals surface area (Å²) in [6.45, 7) is 0. The highest BCUT2D eigenvalue weighted by molar-refractivity contribution is 6.13. The predicted octanol–water partition coefficient (Wildman–Crippen LogP) is 17.1. The quantitative estimate of drug-likeness (QED) is 0.157. The molecule has 2 heterocycles. The van der Waals surface area contributed by atoms with Gasteiger partial charge in [-0.3, -0.25) is 0 Å². The van der Waals surface area contributed by atoms with E-state index in [0.29, 0.717) is 22.5 Å². The molecule has 10 aromatic carbocycles. The van der Waals surface area contributed by atoms with Crippen molar-refractivity contribution in [2.24, 2.45) is 0 Å². The molecule has 12 aromatic rings. The topological polar surface area (TPSA) is 33.6 Å². The number of fused-ring (bicyclic) bond motifs is 6. The first kappa shape index (κ1) is 40.6. The summed E-state index contributed by atoms with van der Waals surface area (Å²) < 4.78 is 50.6. The van der Waals surface area contributed by atoms with Crippen molar-refractivity contribution in [2.75, 3.05) is 0 Å². The molecule has 322 valence electrons. The number of rotatable bonds is 7. The van der Waals surface area contributed by atoms with Crippen molar-refractivity contribution < 1.29 is 13.2 Å². The second kappa shape index (κ2) is 16.2. The van der Waals surface area contributed by atoms with E-state index < -0.39 is 11.7 Å². The highest BCUT2D eigenvalue weighted by Gasteiger charge is 2.35. The third-order valence-corrected chi connectivity index (χ3v) is 13.2. The third-order valence-electron chi connectivity index (χ3n) is 13.2. The van der Waals surface area contributed by atoms with Crippen LogP contribution in [-0.2, 0) is 6.18 Å². The van der Waals surface area contributed by atoms with Crippen molar-refractivity contribution >= 4 is 43.6 Å². The Balaban J connectivity index is 1.23. The average molecular weight is 882 g/mol. The number of benzene rings is 10. The van der Waals surface area contributed by atoms with E-state index in [1.165, 1.54) is 6.07 Å². The second-order valence-electron chi connectivity index (χ2n) is 17.1. The smallest absolute Gasteiger partial charge is 0.309 e. The molecule has 0 aliphatic heterocycles. The van der Waals surface area contributed by atoms with E-state index in [0.717, 1.165) is 94.2 Å². The number of hydrogen-bond donors (Lipinski definition) is 0. The van der Waals surface area contributed by atoms with Gasteiger partial charge in [0.15, 0.2) is 0 Å². The van der Waals surface area contributed by atoms with Gasteiger partial charge in [0.05, 0.1) is 44.6 Å². The maximum atomic E-state index is 15.5. The number of hydrogen-bond acceptors (Lipinski definition) is 1. The lowest BCUT2D eigenvalue weighted by Gasteiger charge is -2.21. The molecule has 0 amide bonds. The van der Waals surface area contributed by atoms with E-state index in [2.05, 4.69) is 112 Å². The Morgan fingerprint density at radius 3 is 1.01 bits per heavy atom. The zero-order valence-electron chi connectivity index (χ0n) is 36.4. The first-order valence-corrected chi connectivity index (χ1v) is 22.5. The average Bonchev–Trinajstić information content (AvgIpc) is 3.90. The Kier molecular flexibility index (Phi) is 9.67. The fraction of sp³-hybridized carbons (Fsp3) is 0.0161. The molecule has 0 bridgehead atoms. The molecule has 2 aromatic heterocycles. The van der Waals surface area contributed by atoms with Crippen molar-refractivity contribution in [3.05, 3.63) is 242 Å². The minimum absolute atomic E-state index is 0.00452. The van der Waals surface area contributed by atoms with Gasteiger partial charge in [-0.25, -0.2) is 0 Å². The molecule has 0 spiro atoms. The molecule has 0 saturated heterocycles. The summed E-state index contributed by atoms with van der Waals surface area (Å²) in [4.78, 5) is 0. The van der Waals surface area contributed by atoms with E-state index in [1.807, 2.05) is 103 Å². The Morgan fingerprint density at radius 2 is 0.662 bits per heavy atom. The van der Waals surface area contributed by atoms with Crippen LogP contribution in [0.25, 0.3) is 111 Å². The standard InChI is InChI=1S/C62H38F3N3/c63-62(64,65)55-24-14-13-23-49(55)54-38-56(67-57-33-44(40-15-5-1-6-16-40)25-29-50(57)51-30-26-45(34-58(51)67)41-17-7-2-8-18-41)48(39-66)37-61(54)68-59-35-46(42-19-9-3-10-20-42)27-31-52(59)53-32-28-47(36-60(53)68)43-21-11-4-12-22-43/h1-38H. The van der Waals surface area contributed by atoms with Gasteiger partial charge < -0.3 is 9.13 Å². The molecule has 0 aliphatic rings. The van der Waals surface area contributed by atoms with E-state index >= 15 is 13.2 Å². The molecular formula is C62H38F3N3. The molecule has 0 aliphatic carbocycles. The van der Waals surface area contributed by atoms with Crippen LogP contribution in [0.3, 0.4) is 0 Å². The molecule has 0 unspecified atom stereocenters. The van der Waals surface area contributed by atoms with Gasteiger partial charge in [0.2, 0.25) is 0 Å². The lowest BCUT2D eigenvalue weighted by molar-refractivity contribution is -0.137. The second-order valence-corrected chi connectivity index (χ2v) is 17.1. The first-order chi connectivity index (χ1) is 33.3. The molecule has 12 rings (SSSR count). The summed E-state index contributed by atoms with van der Waals surface area (Å²) in [5.41, 5.74) is 11.9. The van der Waals surface area contributed by atoms with Crippen molar-refractivity contribution in [2.45, 2.75) is 6.18 Å². The van der Waals surface area contributed by atoms with Gasteiger partial charge in [-0.05, 0) is 92.5 Å². The molecule has 0 radical (unpaired) electrons. The summed E-state index contributed by atoms with van der Waals surface area (Å²) in [7, 11) is 0. The molecule has 68 heavy (non-hydrogen) atoms. The van der Waals surface area contributed by atoms with Crippen LogP contribution >= 0.6 is 0 Å². The van der Waals surface area contributed by atoms with E-state index in [4.69, 9.17) is 0 Å². The number of nitrogens with zero attached hydrogens (tertiary/aromatic N) is 3. The van der Waals surface area contributed by atoms with Crippen LogP contribution in [0.5, 0.6) is 0 Å². The van der Waals surface area contributed by atoms with Crippen LogP contribution in [0.4, 0.5) is 13.2 Å². The number of nitriles is 1. The third kappa shape index (κ3) is 6.83. The normalized spacial score (nSPS) is 11.7. The summed E-state index contributed by atoms with van der Waals surface area (Å²) >= 11 is 0. The van der Waals surface area contributed by atoms with Crippen molar-refractivity contribution in [3.63, 3.8) is 0 Å². The zero-order valence-corrected chi connectivity index (χ0v) is 36.4. The summed E-state index contributed by atoms with van der Waals surface area (Å²) in [6, 6.07) is 77.4. The molecule has 3 nitrogen and oxygen atoms in total. The fourth-order valence-electron chi connectivity index (χ4n) is 10.0. The van der Waals surface area contributed by atoms with Crippen molar-refractivity contribution in [1.82, 2.24) is 9.13 Å². The lowest BCUT2D eigenvalue weighted by atomic mass is 9.95. The lowest BCUT2D eigenvalue weighted by Crippen LogP contribution is -2.09. The largest absolute Gasteiger partial charge is 0.417 e. The number of aromatic nitrogens is 2. The van der Waals surface area contributed by atoms with Crippen LogP contribution < -0.4 is 0 Å². The highest BCUT2D eigenvalue weighted by Crippen LogP contribution is 2.46. The number of halogens is 3. The molecule has 0 saturated carbocycles. The predicted molar refractivity (Wildman–Crippen MR) is 272 cm³/mol. The molecule has 0 fully saturated rings. The number of alkyl halides is 3. The van der Waals surface area contributed by atoms with Gasteiger partial charge in [0, 0.05) is 27.1 Å². The first-order valence-electron chi connectivity index (χ1n) is 22.5. The Bertz CT molecular complexity index is 3740. The molecule has 0 atom stereocenters. The fourth-order valence-corrected chi connectivity index (χ4v) is 10.0. The van der Waals surface area contributed by atoms with Crippen molar-refractivity contribution in [3.8, 4) is 73.1 Å². The van der Waals surface area contributed by atoms with Gasteiger partial charge in [-0.1, -0.05) is 188 Å². The van der Waals surface area contributed by atoms with Crippen LogP contribution in [0.2, 0.25) is 0 Å². The highest BCUT2D eigenvalue weighted by atomic mass is 19.4. The van der Waals surface area contributed by atoms with Crippen LogP contribution in [-0.4, -0.2) is 9.13 Å². The van der Waals surface area contributed by atoms with E-state index in [1.54, 1.807) is 18.2 Å². The van der Waals surface area contributed by atoms with E-state index in [-0.39, 0.29) is 5.56 Å². The van der Waals surface area contributed by atoms with Gasteiger partial charge in [-0.15, -0.1) is 0 Å². The Morgan fingerprint density at radius 1 is 0.324 bits per heavy atom. The van der Waals surface area contributed by atoms with Crippen LogP contribution in [0.1, 0.15) is 11.1 Å².